The fraction of sp³-hybridized carbons (Fsp3) is 0.200. The Bertz CT molecular complexity index is 511. The van der Waals surface area contributed by atoms with Crippen LogP contribution in [0, 0.1) is 0 Å². The maximum absolute atomic E-state index is 6.27. The molecule has 0 spiro atoms. The highest BCUT2D eigenvalue weighted by Crippen LogP contribution is 2.31. The van der Waals surface area contributed by atoms with E-state index in [1.807, 2.05) is 43.4 Å². The van der Waals surface area contributed by atoms with Crippen LogP contribution in [0.3, 0.4) is 0 Å². The normalized spacial score (nSPS) is 10.4. The van der Waals surface area contributed by atoms with Crippen molar-refractivity contribution in [2.75, 3.05) is 11.9 Å². The number of rotatable bonds is 4. The topological polar surface area (TPSA) is 3.24 Å². The van der Waals surface area contributed by atoms with Gasteiger partial charge in [0.25, 0.3) is 0 Å². The van der Waals surface area contributed by atoms with E-state index in [9.17, 15) is 0 Å². The molecule has 2 rings (SSSR count). The van der Waals surface area contributed by atoms with Gasteiger partial charge in [-0.15, -0.1) is 11.6 Å². The number of para-hydroxylation sites is 1. The Morgan fingerprint density at radius 1 is 1.00 bits per heavy atom. The minimum absolute atomic E-state index is 0.467. The van der Waals surface area contributed by atoms with Crippen molar-refractivity contribution in [1.82, 2.24) is 0 Å². The molecule has 0 aromatic heterocycles. The lowest BCUT2D eigenvalue weighted by molar-refractivity contribution is 0.916. The van der Waals surface area contributed by atoms with Crippen LogP contribution >= 0.6 is 23.2 Å². The van der Waals surface area contributed by atoms with Crippen LogP contribution in [0.1, 0.15) is 11.1 Å². The highest BCUT2D eigenvalue weighted by atomic mass is 35.5. The molecule has 0 amide bonds. The molecule has 0 saturated carbocycles. The molecule has 0 aliphatic rings. The molecule has 0 heterocycles. The number of hydrogen-bond acceptors (Lipinski definition) is 1. The largest absolute Gasteiger partial charge is 0.369 e. The Balaban J connectivity index is 2.26. The average molecular weight is 280 g/mol. The smallest absolute Gasteiger partial charge is 0.0642 e. The zero-order chi connectivity index (χ0) is 13.0. The second-order valence-corrected chi connectivity index (χ2v) is 4.90. The zero-order valence-electron chi connectivity index (χ0n) is 10.2. The van der Waals surface area contributed by atoms with Crippen LogP contribution in [0.4, 0.5) is 5.69 Å². The van der Waals surface area contributed by atoms with Gasteiger partial charge in [-0.05, 0) is 17.2 Å². The number of benzene rings is 2. The summed E-state index contributed by atoms with van der Waals surface area (Å²) in [7, 11) is 2.03. The van der Waals surface area contributed by atoms with Gasteiger partial charge in [-0.2, -0.15) is 0 Å². The van der Waals surface area contributed by atoms with E-state index in [0.717, 1.165) is 22.8 Å². The van der Waals surface area contributed by atoms with E-state index in [1.54, 1.807) is 0 Å². The lowest BCUT2D eigenvalue weighted by Crippen LogP contribution is -2.18. The van der Waals surface area contributed by atoms with Gasteiger partial charge in [0.2, 0.25) is 0 Å². The van der Waals surface area contributed by atoms with E-state index >= 15 is 0 Å². The van der Waals surface area contributed by atoms with Gasteiger partial charge in [-0.1, -0.05) is 54.1 Å². The molecule has 1 nitrogen and oxygen atoms in total. The first-order valence-corrected chi connectivity index (χ1v) is 6.72. The van der Waals surface area contributed by atoms with Gasteiger partial charge in [-0.3, -0.25) is 0 Å². The lowest BCUT2D eigenvalue weighted by atomic mass is 10.1. The Labute approximate surface area is 118 Å². The van der Waals surface area contributed by atoms with Crippen LogP contribution in [0.2, 0.25) is 5.02 Å². The molecule has 94 valence electrons. The summed E-state index contributed by atoms with van der Waals surface area (Å²) in [5.41, 5.74) is 3.32. The van der Waals surface area contributed by atoms with Crippen molar-refractivity contribution in [3.8, 4) is 0 Å². The Hall–Kier alpha value is -1.18. The summed E-state index contributed by atoms with van der Waals surface area (Å²) in [5.74, 6) is 0.467. The van der Waals surface area contributed by atoms with Gasteiger partial charge in [0.05, 0.1) is 10.7 Å². The molecule has 0 bridgehead atoms. The molecule has 2 aromatic carbocycles. The summed E-state index contributed by atoms with van der Waals surface area (Å²) >= 11 is 12.2. The van der Waals surface area contributed by atoms with E-state index < -0.39 is 0 Å². The first-order chi connectivity index (χ1) is 8.72. The average Bonchev–Trinajstić information content (AvgIpc) is 2.39. The summed E-state index contributed by atoms with van der Waals surface area (Å²) in [4.78, 5) is 2.13. The van der Waals surface area contributed by atoms with Gasteiger partial charge in [0.15, 0.2) is 0 Å². The van der Waals surface area contributed by atoms with Crippen molar-refractivity contribution in [1.29, 1.82) is 0 Å². The molecule has 0 fully saturated rings. The quantitative estimate of drug-likeness (QED) is 0.733. The van der Waals surface area contributed by atoms with Crippen molar-refractivity contribution in [3.63, 3.8) is 0 Å². The van der Waals surface area contributed by atoms with Crippen LogP contribution in [0.25, 0.3) is 0 Å². The molecule has 0 unspecified atom stereocenters. The lowest BCUT2D eigenvalue weighted by Gasteiger charge is -2.23. The number of halogens is 2. The van der Waals surface area contributed by atoms with Crippen LogP contribution in [-0.2, 0) is 12.4 Å². The molecular weight excluding hydrogens is 265 g/mol. The Morgan fingerprint density at radius 2 is 1.72 bits per heavy atom. The summed E-state index contributed by atoms with van der Waals surface area (Å²) in [5, 5.41) is 0.742. The standard InChI is InChI=1S/C15H15Cl2N/c1-18(11-12-6-3-2-4-7-12)15-13(10-16)8-5-9-14(15)17/h2-9H,10-11H2,1H3. The predicted molar refractivity (Wildman–Crippen MR) is 79.6 cm³/mol. The van der Waals surface area contributed by atoms with E-state index in [0.29, 0.717) is 5.88 Å². The number of anilines is 1. The fourth-order valence-electron chi connectivity index (χ4n) is 2.03. The second-order valence-electron chi connectivity index (χ2n) is 4.22. The molecule has 18 heavy (non-hydrogen) atoms. The molecule has 0 saturated heterocycles. The number of hydrogen-bond donors (Lipinski definition) is 0. The summed E-state index contributed by atoms with van der Waals surface area (Å²) in [6, 6.07) is 16.1. The van der Waals surface area contributed by atoms with E-state index in [1.165, 1.54) is 5.56 Å². The third kappa shape index (κ3) is 2.98. The molecular formula is C15H15Cl2N. The van der Waals surface area contributed by atoms with E-state index in [4.69, 9.17) is 23.2 Å². The van der Waals surface area contributed by atoms with Gasteiger partial charge in [0, 0.05) is 19.5 Å². The minimum Gasteiger partial charge on any atom is -0.369 e. The van der Waals surface area contributed by atoms with Gasteiger partial charge in [0.1, 0.15) is 0 Å². The molecule has 0 aliphatic carbocycles. The number of alkyl halides is 1. The molecule has 0 atom stereocenters. The summed E-state index contributed by atoms with van der Waals surface area (Å²) < 4.78 is 0. The first kappa shape index (κ1) is 13.3. The molecule has 0 aliphatic heterocycles. The molecule has 0 radical (unpaired) electrons. The molecule has 0 N–H and O–H groups in total. The molecule has 2 aromatic rings. The van der Waals surface area contributed by atoms with Crippen LogP contribution in [-0.4, -0.2) is 7.05 Å². The van der Waals surface area contributed by atoms with Gasteiger partial charge in [-0.25, -0.2) is 0 Å². The van der Waals surface area contributed by atoms with Crippen molar-refractivity contribution in [2.45, 2.75) is 12.4 Å². The third-order valence-corrected chi connectivity index (χ3v) is 3.45. The van der Waals surface area contributed by atoms with Crippen molar-refractivity contribution in [2.24, 2.45) is 0 Å². The van der Waals surface area contributed by atoms with Crippen LogP contribution in [0.15, 0.2) is 48.5 Å². The van der Waals surface area contributed by atoms with Gasteiger partial charge >= 0.3 is 0 Å². The second kappa shape index (κ2) is 6.12. The van der Waals surface area contributed by atoms with Crippen molar-refractivity contribution in [3.05, 3.63) is 64.7 Å². The number of nitrogens with zero attached hydrogens (tertiary/aromatic N) is 1. The maximum Gasteiger partial charge on any atom is 0.0642 e. The van der Waals surface area contributed by atoms with E-state index in [-0.39, 0.29) is 0 Å². The SMILES string of the molecule is CN(Cc1ccccc1)c1c(Cl)cccc1CCl. The summed E-state index contributed by atoms with van der Waals surface area (Å²) in [6.07, 6.45) is 0. The Morgan fingerprint density at radius 3 is 2.39 bits per heavy atom. The highest BCUT2D eigenvalue weighted by Gasteiger charge is 2.11. The van der Waals surface area contributed by atoms with Crippen molar-refractivity contribution >= 4 is 28.9 Å². The molecule has 3 heteroatoms. The fourth-order valence-corrected chi connectivity index (χ4v) is 2.59. The highest BCUT2D eigenvalue weighted by molar-refractivity contribution is 6.33. The zero-order valence-corrected chi connectivity index (χ0v) is 11.7. The minimum atomic E-state index is 0.467. The van der Waals surface area contributed by atoms with Crippen LogP contribution in [0.5, 0.6) is 0 Å². The van der Waals surface area contributed by atoms with Gasteiger partial charge < -0.3 is 4.90 Å². The first-order valence-electron chi connectivity index (χ1n) is 5.81. The Kier molecular flexibility index (Phi) is 4.51. The van der Waals surface area contributed by atoms with Crippen molar-refractivity contribution < 1.29 is 0 Å². The summed E-state index contributed by atoms with van der Waals surface area (Å²) in [6.45, 7) is 0.814. The van der Waals surface area contributed by atoms with E-state index in [2.05, 4.69) is 17.0 Å². The maximum atomic E-state index is 6.27. The van der Waals surface area contributed by atoms with Crippen LogP contribution < -0.4 is 4.90 Å². The third-order valence-electron chi connectivity index (χ3n) is 2.86. The predicted octanol–water partition coefficient (Wildman–Crippen LogP) is 4.72. The monoisotopic (exact) mass is 279 g/mol.